The first-order chi connectivity index (χ1) is 45.2. The van der Waals surface area contributed by atoms with E-state index >= 15 is 0 Å². The van der Waals surface area contributed by atoms with Crippen LogP contribution in [0.4, 0.5) is 0 Å². The molecule has 0 bridgehead atoms. The normalized spacial score (nSPS) is 14.7. The average molecular weight is 1350 g/mol. The molecule has 0 aliphatic carbocycles. The molecule has 0 saturated carbocycles. The summed E-state index contributed by atoms with van der Waals surface area (Å²) in [4.78, 5) is 58.4. The van der Waals surface area contributed by atoms with Crippen LogP contribution in [0, 0.1) is 0 Å². The third-order valence-corrected chi connectivity index (χ3v) is 17.2. The van der Waals surface area contributed by atoms with E-state index in [4.69, 9.17) is 32.3 Å². The summed E-state index contributed by atoms with van der Waals surface area (Å²) < 4.78 is 60.9. The Morgan fingerprint density at radius 3 is 0.925 bits per heavy atom. The van der Waals surface area contributed by atoms with Gasteiger partial charge in [-0.05, 0) is 122 Å². The monoisotopic (exact) mass is 1350 g/mol. The van der Waals surface area contributed by atoms with Gasteiger partial charge in [-0.15, -0.1) is 0 Å². The standard InChI is InChI=1S/C75H132O16P2/c1-4-7-10-13-16-19-22-25-27-28-29-30-31-32-33-34-35-36-37-38-39-40-42-45-46-49-52-55-58-61-73(78)85-64-70(76)65-87-92(81,82)88-66-71(77)67-89-93(83,84)90-69-72(91-75(80)63-60-57-54-51-48-43-24-21-18-15-12-9-6-3)68-86-74(79)62-59-56-53-50-47-44-41-26-23-20-17-14-11-8-5-2/h7,10,16,19,21,24-27,29-30,32-33,35-36,41,70-72,76-77H,4-6,8-9,11-15,17-18,20,22-23,28,31,34,37-40,42-69H2,1-3H3,(H,81,82)(H,83,84)/b10-7-,19-16-,24-21-,27-25-,30-29-,33-32-,36-35-,41-26-. The summed E-state index contributed by atoms with van der Waals surface area (Å²) >= 11 is 0. The maximum Gasteiger partial charge on any atom is 0.472 e. The molecule has 0 rings (SSSR count). The molecule has 0 radical (unpaired) electrons. The van der Waals surface area contributed by atoms with Crippen molar-refractivity contribution in [2.24, 2.45) is 0 Å². The van der Waals surface area contributed by atoms with Crippen LogP contribution >= 0.6 is 15.6 Å². The van der Waals surface area contributed by atoms with Crippen LogP contribution in [0.3, 0.4) is 0 Å². The van der Waals surface area contributed by atoms with Gasteiger partial charge in [0, 0.05) is 19.3 Å². The number of carbonyl (C=O) groups excluding carboxylic acids is 3. The summed E-state index contributed by atoms with van der Waals surface area (Å²) in [6, 6.07) is 0. The van der Waals surface area contributed by atoms with Crippen molar-refractivity contribution in [3.8, 4) is 0 Å². The Morgan fingerprint density at radius 2 is 0.570 bits per heavy atom. The van der Waals surface area contributed by atoms with E-state index in [1.54, 1.807) is 0 Å². The molecule has 0 fully saturated rings. The number of rotatable bonds is 69. The predicted molar refractivity (Wildman–Crippen MR) is 381 cm³/mol. The van der Waals surface area contributed by atoms with Crippen LogP contribution in [0.2, 0.25) is 0 Å². The van der Waals surface area contributed by atoms with Gasteiger partial charge in [-0.25, -0.2) is 9.13 Å². The number of esters is 3. The van der Waals surface area contributed by atoms with Gasteiger partial charge in [0.15, 0.2) is 6.10 Å². The van der Waals surface area contributed by atoms with Gasteiger partial charge < -0.3 is 34.2 Å². The molecule has 538 valence electrons. The fourth-order valence-electron chi connectivity index (χ4n) is 9.68. The van der Waals surface area contributed by atoms with Gasteiger partial charge in [0.1, 0.15) is 25.4 Å². The Morgan fingerprint density at radius 1 is 0.312 bits per heavy atom. The number of phosphoric acid groups is 2. The van der Waals surface area contributed by atoms with E-state index in [2.05, 4.69) is 118 Å². The molecule has 93 heavy (non-hydrogen) atoms. The lowest BCUT2D eigenvalue weighted by Crippen LogP contribution is -2.30. The molecule has 0 spiro atoms. The van der Waals surface area contributed by atoms with Crippen LogP contribution < -0.4 is 0 Å². The highest BCUT2D eigenvalue weighted by Crippen LogP contribution is 2.45. The van der Waals surface area contributed by atoms with Crippen molar-refractivity contribution in [2.45, 2.75) is 322 Å². The van der Waals surface area contributed by atoms with Crippen molar-refractivity contribution >= 4 is 33.6 Å². The van der Waals surface area contributed by atoms with Gasteiger partial charge in [0.25, 0.3) is 0 Å². The average Bonchev–Trinajstić information content (AvgIpc) is 2.91. The summed E-state index contributed by atoms with van der Waals surface area (Å²) in [5, 5.41) is 20.6. The molecule has 0 aliphatic heterocycles. The Labute approximate surface area is 565 Å². The fourth-order valence-corrected chi connectivity index (χ4v) is 11.3. The highest BCUT2D eigenvalue weighted by Gasteiger charge is 2.29. The smallest absolute Gasteiger partial charge is 0.463 e. The Hall–Kier alpha value is -3.53. The number of allylic oxidation sites excluding steroid dienone is 16. The number of hydrogen-bond donors (Lipinski definition) is 4. The lowest BCUT2D eigenvalue weighted by molar-refractivity contribution is -0.161. The van der Waals surface area contributed by atoms with Crippen molar-refractivity contribution in [1.29, 1.82) is 0 Å². The zero-order chi connectivity index (χ0) is 68.1. The summed E-state index contributed by atoms with van der Waals surface area (Å²) in [5.41, 5.74) is 0. The van der Waals surface area contributed by atoms with Crippen molar-refractivity contribution in [3.63, 3.8) is 0 Å². The third-order valence-electron chi connectivity index (χ3n) is 15.3. The van der Waals surface area contributed by atoms with E-state index in [0.29, 0.717) is 19.3 Å². The minimum absolute atomic E-state index is 0.0944. The second kappa shape index (κ2) is 68.4. The SMILES string of the molecule is CC/C=C\C/C=C\C/C=C\C/C=C\C/C=C\C/C=C\CCCCCCCCCCCCC(=O)OCC(O)COP(=O)(O)OCC(O)COP(=O)(O)OCC(COC(=O)CCCCCCC/C=C\CCCCCCCC)OC(=O)CCCCCCC/C=C\CCCCCC. The number of aliphatic hydroxyl groups excluding tert-OH is 2. The van der Waals surface area contributed by atoms with Gasteiger partial charge in [0.2, 0.25) is 0 Å². The molecule has 0 aromatic carbocycles. The molecule has 0 aliphatic rings. The van der Waals surface area contributed by atoms with Crippen molar-refractivity contribution in [1.82, 2.24) is 0 Å². The van der Waals surface area contributed by atoms with E-state index in [9.17, 15) is 43.5 Å². The van der Waals surface area contributed by atoms with Gasteiger partial charge in [-0.2, -0.15) is 0 Å². The van der Waals surface area contributed by atoms with Crippen molar-refractivity contribution in [2.75, 3.05) is 39.6 Å². The molecular formula is C75H132O16P2. The highest BCUT2D eigenvalue weighted by atomic mass is 31.2. The minimum Gasteiger partial charge on any atom is -0.463 e. The van der Waals surface area contributed by atoms with Crippen LogP contribution in [0.1, 0.15) is 303 Å². The molecule has 0 heterocycles. The van der Waals surface area contributed by atoms with Gasteiger partial charge in [-0.3, -0.25) is 32.5 Å². The zero-order valence-corrected chi connectivity index (χ0v) is 60.2. The van der Waals surface area contributed by atoms with Crippen LogP contribution in [-0.4, -0.2) is 95.9 Å². The van der Waals surface area contributed by atoms with E-state index in [0.717, 1.165) is 148 Å². The van der Waals surface area contributed by atoms with Crippen molar-refractivity contribution in [3.05, 3.63) is 97.2 Å². The fraction of sp³-hybridized carbons (Fsp3) is 0.747. The molecule has 5 atom stereocenters. The predicted octanol–water partition coefficient (Wildman–Crippen LogP) is 20.6. The van der Waals surface area contributed by atoms with Crippen LogP contribution in [0.25, 0.3) is 0 Å². The molecule has 5 unspecified atom stereocenters. The lowest BCUT2D eigenvalue weighted by atomic mass is 10.1. The number of aliphatic hydroxyl groups is 2. The van der Waals surface area contributed by atoms with E-state index < -0.39 is 91.5 Å². The number of ether oxygens (including phenoxy) is 3. The molecule has 16 nitrogen and oxygen atoms in total. The van der Waals surface area contributed by atoms with E-state index in [1.807, 2.05) is 0 Å². The maximum atomic E-state index is 12.9. The first-order valence-corrected chi connectivity index (χ1v) is 39.5. The van der Waals surface area contributed by atoms with Crippen LogP contribution in [0.5, 0.6) is 0 Å². The van der Waals surface area contributed by atoms with Gasteiger partial charge in [-0.1, -0.05) is 259 Å². The third kappa shape index (κ3) is 69.6. The second-order valence-electron chi connectivity index (χ2n) is 24.4. The molecule has 18 heteroatoms. The molecule has 4 N–H and O–H groups in total. The van der Waals surface area contributed by atoms with E-state index in [1.165, 1.54) is 96.3 Å². The maximum absolute atomic E-state index is 12.9. The summed E-state index contributed by atoms with van der Waals surface area (Å²) in [7, 11) is -9.78. The molecule has 0 amide bonds. The largest absolute Gasteiger partial charge is 0.472 e. The Kier molecular flexibility index (Phi) is 65.8. The summed E-state index contributed by atoms with van der Waals surface area (Å²) in [5.74, 6) is -1.59. The highest BCUT2D eigenvalue weighted by molar-refractivity contribution is 7.47. The zero-order valence-electron chi connectivity index (χ0n) is 58.4. The summed E-state index contributed by atoms with van der Waals surface area (Å²) in [6.07, 6.45) is 76.1. The molecule has 0 aromatic heterocycles. The topological polar surface area (TPSA) is 231 Å². The van der Waals surface area contributed by atoms with Crippen LogP contribution in [0.15, 0.2) is 97.2 Å². The Bertz CT molecular complexity index is 2080. The first kappa shape index (κ1) is 89.5. The Balaban J connectivity index is 4.46. The summed E-state index contributed by atoms with van der Waals surface area (Å²) in [6.45, 7) is 2.53. The second-order valence-corrected chi connectivity index (χ2v) is 27.3. The first-order valence-electron chi connectivity index (χ1n) is 36.5. The number of hydrogen-bond acceptors (Lipinski definition) is 14. The molecular weight excluding hydrogens is 1220 g/mol. The quantitative estimate of drug-likeness (QED) is 0.0146. The van der Waals surface area contributed by atoms with Gasteiger partial charge in [0.05, 0.1) is 26.4 Å². The lowest BCUT2D eigenvalue weighted by Gasteiger charge is -2.21. The number of phosphoric ester groups is 2. The number of unbranched alkanes of at least 4 members (excludes halogenated alkanes) is 30. The number of carbonyl (C=O) groups is 3. The van der Waals surface area contributed by atoms with Crippen LogP contribution in [-0.2, 0) is 55.8 Å². The van der Waals surface area contributed by atoms with E-state index in [-0.39, 0.29) is 19.3 Å². The minimum atomic E-state index is -4.92. The molecule has 0 aromatic rings. The van der Waals surface area contributed by atoms with Crippen molar-refractivity contribution < 1.29 is 75.8 Å². The molecule has 0 saturated heterocycles. The van der Waals surface area contributed by atoms with Gasteiger partial charge >= 0.3 is 33.6 Å².